The minimum Gasteiger partial charge on any atom is -0.313 e. The SMILES string of the molecule is N=CC1CC1C=C=O. The number of hydrogen-bond acceptors (Lipinski definition) is 2. The van der Waals surface area contributed by atoms with Crippen LogP contribution in [0.1, 0.15) is 6.42 Å². The van der Waals surface area contributed by atoms with Crippen molar-refractivity contribution in [2.75, 3.05) is 0 Å². The largest absolute Gasteiger partial charge is 0.313 e. The van der Waals surface area contributed by atoms with Crippen LogP contribution in [0.5, 0.6) is 0 Å². The van der Waals surface area contributed by atoms with Crippen LogP contribution in [-0.4, -0.2) is 12.2 Å². The van der Waals surface area contributed by atoms with Gasteiger partial charge in [0.25, 0.3) is 0 Å². The zero-order valence-corrected chi connectivity index (χ0v) is 4.42. The van der Waals surface area contributed by atoms with E-state index in [-0.39, 0.29) is 0 Å². The Balaban J connectivity index is 2.36. The molecule has 0 spiro atoms. The molecule has 0 aromatic heterocycles. The topological polar surface area (TPSA) is 40.9 Å². The summed E-state index contributed by atoms with van der Waals surface area (Å²) in [4.78, 5) is 9.66. The molecule has 1 N–H and O–H groups in total. The normalized spacial score (nSPS) is 33.0. The van der Waals surface area contributed by atoms with Crippen molar-refractivity contribution in [2.45, 2.75) is 6.42 Å². The summed E-state index contributed by atoms with van der Waals surface area (Å²) in [5.41, 5.74) is 0. The van der Waals surface area contributed by atoms with Crippen LogP contribution in [0.15, 0.2) is 6.08 Å². The molecule has 0 aromatic rings. The molecule has 1 rings (SSSR count). The molecule has 2 nitrogen and oxygen atoms in total. The van der Waals surface area contributed by atoms with Crippen LogP contribution < -0.4 is 0 Å². The van der Waals surface area contributed by atoms with Gasteiger partial charge in [-0.2, -0.15) is 0 Å². The zero-order valence-electron chi connectivity index (χ0n) is 4.42. The van der Waals surface area contributed by atoms with Crippen molar-refractivity contribution in [1.82, 2.24) is 0 Å². The maximum Gasteiger partial charge on any atom is 0.120 e. The Morgan fingerprint density at radius 1 is 1.62 bits per heavy atom. The highest BCUT2D eigenvalue weighted by Gasteiger charge is 2.32. The van der Waals surface area contributed by atoms with E-state index >= 15 is 0 Å². The zero-order chi connectivity index (χ0) is 5.98. The van der Waals surface area contributed by atoms with Gasteiger partial charge in [-0.15, -0.1) is 0 Å². The number of hydrogen-bond donors (Lipinski definition) is 1. The van der Waals surface area contributed by atoms with Gasteiger partial charge in [0.15, 0.2) is 0 Å². The van der Waals surface area contributed by atoms with Crippen LogP contribution in [0.3, 0.4) is 0 Å². The number of nitrogens with one attached hydrogen (secondary N) is 1. The molecule has 0 aliphatic heterocycles. The van der Waals surface area contributed by atoms with E-state index in [0.717, 1.165) is 6.42 Å². The number of allylic oxidation sites excluding steroid dienone is 1. The first-order valence-corrected chi connectivity index (χ1v) is 2.60. The maximum absolute atomic E-state index is 9.66. The Labute approximate surface area is 47.7 Å². The van der Waals surface area contributed by atoms with Gasteiger partial charge in [0, 0.05) is 12.0 Å². The Hall–Kier alpha value is -0.880. The lowest BCUT2D eigenvalue weighted by molar-refractivity contribution is 0.567. The van der Waals surface area contributed by atoms with Gasteiger partial charge >= 0.3 is 0 Å². The highest BCUT2D eigenvalue weighted by atomic mass is 16.1. The fourth-order valence-corrected chi connectivity index (χ4v) is 0.706. The summed E-state index contributed by atoms with van der Waals surface area (Å²) >= 11 is 0. The van der Waals surface area contributed by atoms with Gasteiger partial charge in [0.1, 0.15) is 5.94 Å². The van der Waals surface area contributed by atoms with Crippen molar-refractivity contribution in [2.24, 2.45) is 11.8 Å². The van der Waals surface area contributed by atoms with Crippen molar-refractivity contribution in [1.29, 1.82) is 5.41 Å². The summed E-state index contributed by atoms with van der Waals surface area (Å²) in [6.45, 7) is 0. The van der Waals surface area contributed by atoms with Crippen LogP contribution in [-0.2, 0) is 4.79 Å². The van der Waals surface area contributed by atoms with Gasteiger partial charge in [0.2, 0.25) is 0 Å². The van der Waals surface area contributed by atoms with Crippen molar-refractivity contribution in [3.8, 4) is 0 Å². The predicted octanol–water partition coefficient (Wildman–Crippen LogP) is 0.660. The van der Waals surface area contributed by atoms with E-state index in [4.69, 9.17) is 5.41 Å². The van der Waals surface area contributed by atoms with Crippen LogP contribution >= 0.6 is 0 Å². The molecule has 2 atom stereocenters. The Morgan fingerprint density at radius 2 is 2.38 bits per heavy atom. The standard InChI is InChI=1S/C6H7NO/c7-4-6-3-5(6)1-2-8/h1,4-7H,3H2. The van der Waals surface area contributed by atoms with Gasteiger partial charge in [-0.25, -0.2) is 4.79 Å². The second-order valence-corrected chi connectivity index (χ2v) is 2.01. The molecule has 0 aromatic carbocycles. The van der Waals surface area contributed by atoms with Crippen molar-refractivity contribution < 1.29 is 4.79 Å². The molecule has 0 saturated heterocycles. The molecule has 42 valence electrons. The summed E-state index contributed by atoms with van der Waals surface area (Å²) in [5, 5.41) is 6.75. The first kappa shape index (κ1) is 5.26. The lowest BCUT2D eigenvalue weighted by Gasteiger charge is -1.72. The van der Waals surface area contributed by atoms with E-state index in [1.54, 1.807) is 5.94 Å². The number of rotatable bonds is 2. The van der Waals surface area contributed by atoms with E-state index in [9.17, 15) is 4.79 Å². The summed E-state index contributed by atoms with van der Waals surface area (Å²) in [6, 6.07) is 0. The van der Waals surface area contributed by atoms with Crippen LogP contribution in [0.2, 0.25) is 0 Å². The minimum atomic E-state index is 0.338. The van der Waals surface area contributed by atoms with E-state index in [0.29, 0.717) is 11.8 Å². The van der Waals surface area contributed by atoms with Gasteiger partial charge in [-0.3, -0.25) is 0 Å². The second-order valence-electron chi connectivity index (χ2n) is 2.01. The summed E-state index contributed by atoms with van der Waals surface area (Å²) in [6.07, 6.45) is 3.85. The molecule has 1 aliphatic carbocycles. The average molecular weight is 109 g/mol. The summed E-state index contributed by atoms with van der Waals surface area (Å²) in [7, 11) is 0. The van der Waals surface area contributed by atoms with Crippen LogP contribution in [0.4, 0.5) is 0 Å². The van der Waals surface area contributed by atoms with Gasteiger partial charge in [-0.1, -0.05) is 0 Å². The monoisotopic (exact) mass is 109 g/mol. The molecule has 2 unspecified atom stereocenters. The van der Waals surface area contributed by atoms with Crippen molar-refractivity contribution >= 4 is 12.2 Å². The molecule has 1 aliphatic rings. The third kappa shape index (κ3) is 0.849. The molecule has 8 heavy (non-hydrogen) atoms. The Bertz CT molecular complexity index is 147. The lowest BCUT2D eigenvalue weighted by Crippen LogP contribution is -1.76. The van der Waals surface area contributed by atoms with E-state index < -0.39 is 0 Å². The molecule has 1 fully saturated rings. The quantitative estimate of drug-likeness (QED) is 0.410. The predicted molar refractivity (Wildman–Crippen MR) is 30.6 cm³/mol. The average Bonchev–Trinajstić information content (AvgIpc) is 2.48. The first-order valence-electron chi connectivity index (χ1n) is 2.60. The molecular formula is C6H7NO. The summed E-state index contributed by atoms with van der Waals surface area (Å²) < 4.78 is 0. The highest BCUT2D eigenvalue weighted by molar-refractivity contribution is 5.63. The fourth-order valence-electron chi connectivity index (χ4n) is 0.706. The highest BCUT2D eigenvalue weighted by Crippen LogP contribution is 2.36. The molecule has 1 saturated carbocycles. The molecule has 0 radical (unpaired) electrons. The summed E-state index contributed by atoms with van der Waals surface area (Å²) in [5.74, 6) is 2.40. The Morgan fingerprint density at radius 3 is 2.75 bits per heavy atom. The molecule has 0 bridgehead atoms. The Kier molecular flexibility index (Phi) is 1.27. The smallest absolute Gasteiger partial charge is 0.120 e. The fraction of sp³-hybridized carbons (Fsp3) is 0.500. The van der Waals surface area contributed by atoms with Gasteiger partial charge < -0.3 is 5.41 Å². The van der Waals surface area contributed by atoms with E-state index in [1.165, 1.54) is 12.3 Å². The lowest BCUT2D eigenvalue weighted by atomic mass is 10.3. The minimum absolute atomic E-state index is 0.338. The van der Waals surface area contributed by atoms with Crippen LogP contribution in [0.25, 0.3) is 0 Å². The maximum atomic E-state index is 9.66. The van der Waals surface area contributed by atoms with Crippen molar-refractivity contribution in [3.63, 3.8) is 0 Å². The first-order chi connectivity index (χ1) is 3.88. The second kappa shape index (κ2) is 1.93. The molecular weight excluding hydrogens is 102 g/mol. The van der Waals surface area contributed by atoms with Gasteiger partial charge in [0.05, 0.1) is 0 Å². The van der Waals surface area contributed by atoms with Crippen molar-refractivity contribution in [3.05, 3.63) is 6.08 Å². The number of carbonyl (C=O) groups excluding carboxylic acids is 1. The van der Waals surface area contributed by atoms with Crippen LogP contribution in [0, 0.1) is 17.2 Å². The third-order valence-corrected chi connectivity index (χ3v) is 1.39. The van der Waals surface area contributed by atoms with Gasteiger partial charge in [-0.05, 0) is 18.6 Å². The third-order valence-electron chi connectivity index (χ3n) is 1.39. The van der Waals surface area contributed by atoms with E-state index in [1.807, 2.05) is 0 Å². The van der Waals surface area contributed by atoms with E-state index in [2.05, 4.69) is 0 Å². The molecule has 0 amide bonds. The molecule has 2 heteroatoms. The molecule has 0 heterocycles.